The van der Waals surface area contributed by atoms with E-state index in [1.165, 1.54) is 24.1 Å². The number of aromatic nitrogens is 1. The fraction of sp³-hybridized carbons (Fsp3) is 0.615. The van der Waals surface area contributed by atoms with Crippen molar-refractivity contribution >= 4 is 15.9 Å². The van der Waals surface area contributed by atoms with E-state index in [1.54, 1.807) is 0 Å². The molecule has 0 amide bonds. The summed E-state index contributed by atoms with van der Waals surface area (Å²) < 4.78 is 0. The fourth-order valence-corrected chi connectivity index (χ4v) is 2.13. The van der Waals surface area contributed by atoms with Crippen molar-refractivity contribution in [3.8, 4) is 0 Å². The summed E-state index contributed by atoms with van der Waals surface area (Å²) in [6.45, 7) is 6.67. The molecule has 0 saturated heterocycles. The molecule has 0 N–H and O–H groups in total. The summed E-state index contributed by atoms with van der Waals surface area (Å²) in [5.41, 5.74) is 2.52. The Kier molecular flexibility index (Phi) is 5.30. The number of hydrogen-bond donors (Lipinski definition) is 0. The molecule has 1 heterocycles. The van der Waals surface area contributed by atoms with Gasteiger partial charge in [0.1, 0.15) is 0 Å². The maximum Gasteiger partial charge on any atom is 0.0443 e. The van der Waals surface area contributed by atoms with E-state index in [-0.39, 0.29) is 0 Å². The van der Waals surface area contributed by atoms with Crippen molar-refractivity contribution in [3.63, 3.8) is 0 Å². The lowest BCUT2D eigenvalue weighted by molar-refractivity contribution is 0.545. The molecule has 0 aromatic carbocycles. The normalized spacial score (nSPS) is 13.1. The number of aryl methyl sites for hydroxylation is 1. The third-order valence-electron chi connectivity index (χ3n) is 2.59. The molecule has 1 nitrogen and oxygen atoms in total. The van der Waals surface area contributed by atoms with Gasteiger partial charge in [-0.25, -0.2) is 0 Å². The Balaban J connectivity index is 2.44. The highest BCUT2D eigenvalue weighted by Crippen LogP contribution is 2.18. The Hall–Kier alpha value is -0.370. The molecule has 15 heavy (non-hydrogen) atoms. The second kappa shape index (κ2) is 6.26. The third kappa shape index (κ3) is 4.78. The Morgan fingerprint density at radius 2 is 2.07 bits per heavy atom. The van der Waals surface area contributed by atoms with Gasteiger partial charge in [-0.2, -0.15) is 0 Å². The van der Waals surface area contributed by atoms with Gasteiger partial charge in [-0.15, -0.1) is 0 Å². The summed E-state index contributed by atoms with van der Waals surface area (Å²) in [4.78, 5) is 4.98. The first-order valence-electron chi connectivity index (χ1n) is 5.64. The highest BCUT2D eigenvalue weighted by molar-refractivity contribution is 9.09. The molecule has 2 heteroatoms. The highest BCUT2D eigenvalue weighted by Gasteiger charge is 2.09. The summed E-state index contributed by atoms with van der Waals surface area (Å²) in [7, 11) is 0. The van der Waals surface area contributed by atoms with Crippen LogP contribution in [0.2, 0.25) is 0 Å². The van der Waals surface area contributed by atoms with Crippen molar-refractivity contribution in [1.82, 2.24) is 4.98 Å². The molecule has 84 valence electrons. The van der Waals surface area contributed by atoms with Gasteiger partial charge >= 0.3 is 0 Å². The molecule has 1 aromatic heterocycles. The minimum Gasteiger partial charge on any atom is -0.261 e. The Labute approximate surface area is 101 Å². The highest BCUT2D eigenvalue weighted by atomic mass is 79.9. The van der Waals surface area contributed by atoms with Crippen molar-refractivity contribution in [2.45, 2.75) is 44.9 Å². The van der Waals surface area contributed by atoms with Crippen LogP contribution >= 0.6 is 15.9 Å². The van der Waals surface area contributed by atoms with E-state index >= 15 is 0 Å². The van der Waals surface area contributed by atoms with Gasteiger partial charge in [-0.05, 0) is 37.3 Å². The molecule has 1 rings (SSSR count). The van der Waals surface area contributed by atoms with E-state index in [0.717, 1.165) is 12.3 Å². The van der Waals surface area contributed by atoms with E-state index in [2.05, 4.69) is 47.8 Å². The molecule has 0 bridgehead atoms. The van der Waals surface area contributed by atoms with Crippen LogP contribution in [0.3, 0.4) is 0 Å². The van der Waals surface area contributed by atoms with Crippen LogP contribution in [0.5, 0.6) is 0 Å². The Morgan fingerprint density at radius 1 is 1.33 bits per heavy atom. The van der Waals surface area contributed by atoms with E-state index in [4.69, 9.17) is 0 Å². The lowest BCUT2D eigenvalue weighted by Crippen LogP contribution is -2.07. The minimum atomic E-state index is 0.563. The molecule has 0 aliphatic carbocycles. The van der Waals surface area contributed by atoms with Crippen LogP contribution in [0.1, 0.15) is 37.9 Å². The van der Waals surface area contributed by atoms with Crippen LogP contribution in [0, 0.1) is 12.8 Å². The zero-order valence-electron chi connectivity index (χ0n) is 9.83. The van der Waals surface area contributed by atoms with Crippen molar-refractivity contribution in [2.24, 2.45) is 5.92 Å². The first kappa shape index (κ1) is 12.7. The number of rotatable bonds is 5. The van der Waals surface area contributed by atoms with Crippen LogP contribution in [0.25, 0.3) is 0 Å². The largest absolute Gasteiger partial charge is 0.261 e. The summed E-state index contributed by atoms with van der Waals surface area (Å²) >= 11 is 3.74. The quantitative estimate of drug-likeness (QED) is 0.733. The molecule has 1 atom stereocenters. The van der Waals surface area contributed by atoms with Gasteiger partial charge in [-0.3, -0.25) is 4.98 Å². The second-order valence-electron chi connectivity index (χ2n) is 4.54. The smallest absolute Gasteiger partial charge is 0.0443 e. The molecular formula is C13H20BrN. The molecule has 0 saturated carbocycles. The molecule has 0 fully saturated rings. The summed E-state index contributed by atoms with van der Waals surface area (Å²) in [5, 5.41) is 0. The third-order valence-corrected chi connectivity index (χ3v) is 3.37. The molecule has 0 radical (unpaired) electrons. The molecule has 0 aliphatic heterocycles. The molecule has 0 aliphatic rings. The minimum absolute atomic E-state index is 0.563. The van der Waals surface area contributed by atoms with Gasteiger partial charge in [0.05, 0.1) is 0 Å². The van der Waals surface area contributed by atoms with Gasteiger partial charge in [0, 0.05) is 23.1 Å². The van der Waals surface area contributed by atoms with E-state index in [0.29, 0.717) is 4.83 Å². The lowest BCUT2D eigenvalue weighted by Gasteiger charge is -2.12. The van der Waals surface area contributed by atoms with Gasteiger partial charge in [0.25, 0.3) is 0 Å². The van der Waals surface area contributed by atoms with Crippen LogP contribution in [0.15, 0.2) is 18.3 Å². The Bertz CT molecular complexity index is 296. The maximum atomic E-state index is 4.42. The van der Waals surface area contributed by atoms with Crippen LogP contribution < -0.4 is 0 Å². The van der Waals surface area contributed by atoms with Crippen molar-refractivity contribution in [3.05, 3.63) is 29.6 Å². The molecule has 1 aromatic rings. The molecule has 0 spiro atoms. The average molecular weight is 270 g/mol. The van der Waals surface area contributed by atoms with Crippen LogP contribution in [0.4, 0.5) is 0 Å². The topological polar surface area (TPSA) is 12.9 Å². The predicted octanol–water partition coefficient (Wildman–Crippen LogP) is 4.13. The monoisotopic (exact) mass is 269 g/mol. The fourth-order valence-electron chi connectivity index (χ4n) is 1.56. The number of hydrogen-bond acceptors (Lipinski definition) is 1. The van der Waals surface area contributed by atoms with Gasteiger partial charge < -0.3 is 0 Å². The molecule has 1 unspecified atom stereocenters. The zero-order chi connectivity index (χ0) is 11.3. The van der Waals surface area contributed by atoms with Gasteiger partial charge in [0.15, 0.2) is 0 Å². The van der Waals surface area contributed by atoms with E-state index < -0.39 is 0 Å². The zero-order valence-corrected chi connectivity index (χ0v) is 11.4. The van der Waals surface area contributed by atoms with Gasteiger partial charge in [-0.1, -0.05) is 35.8 Å². The summed E-state index contributed by atoms with van der Waals surface area (Å²) in [6.07, 6.45) is 5.43. The Morgan fingerprint density at radius 3 is 2.67 bits per heavy atom. The summed E-state index contributed by atoms with van der Waals surface area (Å²) in [6, 6.07) is 4.13. The number of alkyl halides is 1. The van der Waals surface area contributed by atoms with Crippen LogP contribution in [-0.2, 0) is 6.42 Å². The molecular weight excluding hydrogens is 250 g/mol. The van der Waals surface area contributed by atoms with Gasteiger partial charge in [0.2, 0.25) is 0 Å². The average Bonchev–Trinajstić information content (AvgIpc) is 2.18. The van der Waals surface area contributed by atoms with Crippen LogP contribution in [-0.4, -0.2) is 9.81 Å². The maximum absolute atomic E-state index is 4.42. The first-order chi connectivity index (χ1) is 7.09. The van der Waals surface area contributed by atoms with Crippen molar-refractivity contribution in [1.29, 1.82) is 0 Å². The first-order valence-corrected chi connectivity index (χ1v) is 6.55. The summed E-state index contributed by atoms with van der Waals surface area (Å²) in [5.74, 6) is 0.787. The SMILES string of the molecule is Cc1cccnc1CC(Br)CCC(C)C. The predicted molar refractivity (Wildman–Crippen MR) is 69.5 cm³/mol. The second-order valence-corrected chi connectivity index (χ2v) is 5.83. The van der Waals surface area contributed by atoms with Crippen molar-refractivity contribution < 1.29 is 0 Å². The van der Waals surface area contributed by atoms with E-state index in [1.807, 2.05) is 12.3 Å². The number of nitrogens with zero attached hydrogens (tertiary/aromatic N) is 1. The van der Waals surface area contributed by atoms with E-state index in [9.17, 15) is 0 Å². The van der Waals surface area contributed by atoms with Crippen molar-refractivity contribution in [2.75, 3.05) is 0 Å². The number of halogens is 1. The lowest BCUT2D eigenvalue weighted by atomic mass is 10.0. The standard InChI is InChI=1S/C13H20BrN/c1-10(2)6-7-12(14)9-13-11(3)5-4-8-15-13/h4-5,8,10,12H,6-7,9H2,1-3H3. The number of pyridine rings is 1.